The standard InChI is InChI=1S/C11H5F4NO2/c12-7-3-4-8(18-10(17)11(13,14)15)9-6(7)2-1-5-16-9/h1-5H. The molecule has 0 aliphatic rings. The van der Waals surface area contributed by atoms with Crippen LogP contribution >= 0.6 is 0 Å². The van der Waals surface area contributed by atoms with Crippen molar-refractivity contribution in [3.8, 4) is 5.75 Å². The lowest BCUT2D eigenvalue weighted by Gasteiger charge is -2.09. The van der Waals surface area contributed by atoms with Gasteiger partial charge in [0, 0.05) is 11.6 Å². The predicted molar refractivity (Wildman–Crippen MR) is 53.4 cm³/mol. The van der Waals surface area contributed by atoms with Crippen molar-refractivity contribution in [2.75, 3.05) is 0 Å². The molecule has 0 spiro atoms. The fourth-order valence-corrected chi connectivity index (χ4v) is 1.35. The Hall–Kier alpha value is -2.18. The highest BCUT2D eigenvalue weighted by molar-refractivity contribution is 5.88. The number of nitrogens with zero attached hydrogens (tertiary/aromatic N) is 1. The molecule has 0 radical (unpaired) electrons. The summed E-state index contributed by atoms with van der Waals surface area (Å²) in [4.78, 5) is 14.4. The molecular formula is C11H5F4NO2. The fourth-order valence-electron chi connectivity index (χ4n) is 1.35. The molecule has 2 rings (SSSR count). The number of alkyl halides is 3. The molecule has 1 aromatic heterocycles. The number of esters is 1. The van der Waals surface area contributed by atoms with Gasteiger partial charge in [0.2, 0.25) is 0 Å². The monoisotopic (exact) mass is 259 g/mol. The largest absolute Gasteiger partial charge is 0.491 e. The molecule has 0 aliphatic heterocycles. The van der Waals surface area contributed by atoms with Gasteiger partial charge in [-0.05, 0) is 24.3 Å². The molecule has 0 bridgehead atoms. The van der Waals surface area contributed by atoms with E-state index in [0.29, 0.717) is 0 Å². The van der Waals surface area contributed by atoms with Crippen molar-refractivity contribution in [2.45, 2.75) is 6.18 Å². The predicted octanol–water partition coefficient (Wildman–Crippen LogP) is 2.84. The molecule has 0 saturated heterocycles. The van der Waals surface area contributed by atoms with Crippen molar-refractivity contribution in [1.82, 2.24) is 4.98 Å². The van der Waals surface area contributed by atoms with Gasteiger partial charge in [0.15, 0.2) is 5.75 Å². The Morgan fingerprint density at radius 1 is 1.22 bits per heavy atom. The normalized spacial score (nSPS) is 11.6. The number of halogens is 4. The Balaban J connectivity index is 2.47. The van der Waals surface area contributed by atoms with E-state index in [9.17, 15) is 22.4 Å². The summed E-state index contributed by atoms with van der Waals surface area (Å²) in [7, 11) is 0. The highest BCUT2D eigenvalue weighted by Gasteiger charge is 2.41. The van der Waals surface area contributed by atoms with Gasteiger partial charge in [-0.15, -0.1) is 0 Å². The van der Waals surface area contributed by atoms with Crippen LogP contribution in [0.15, 0.2) is 30.5 Å². The van der Waals surface area contributed by atoms with Crippen molar-refractivity contribution in [3.05, 3.63) is 36.3 Å². The van der Waals surface area contributed by atoms with Gasteiger partial charge in [0.05, 0.1) is 0 Å². The van der Waals surface area contributed by atoms with Crippen molar-refractivity contribution < 1.29 is 27.1 Å². The number of pyridine rings is 1. The van der Waals surface area contributed by atoms with E-state index in [4.69, 9.17) is 0 Å². The van der Waals surface area contributed by atoms with Crippen molar-refractivity contribution in [3.63, 3.8) is 0 Å². The van der Waals surface area contributed by atoms with Gasteiger partial charge in [-0.3, -0.25) is 4.98 Å². The van der Waals surface area contributed by atoms with Crippen LogP contribution in [-0.2, 0) is 4.79 Å². The van der Waals surface area contributed by atoms with Crippen molar-refractivity contribution >= 4 is 16.9 Å². The minimum atomic E-state index is -5.12. The number of hydrogen-bond acceptors (Lipinski definition) is 3. The average Bonchev–Trinajstić information content (AvgIpc) is 2.32. The number of fused-ring (bicyclic) bond motifs is 1. The second-order valence-corrected chi connectivity index (χ2v) is 3.33. The van der Waals surface area contributed by atoms with Crippen molar-refractivity contribution in [2.24, 2.45) is 0 Å². The van der Waals surface area contributed by atoms with Crippen LogP contribution in [0.3, 0.4) is 0 Å². The fraction of sp³-hybridized carbons (Fsp3) is 0.0909. The molecule has 18 heavy (non-hydrogen) atoms. The van der Waals surface area contributed by atoms with Gasteiger partial charge < -0.3 is 4.74 Å². The van der Waals surface area contributed by atoms with E-state index >= 15 is 0 Å². The van der Waals surface area contributed by atoms with Gasteiger partial charge in [0.1, 0.15) is 11.3 Å². The molecule has 1 heterocycles. The third-order valence-electron chi connectivity index (χ3n) is 2.11. The summed E-state index contributed by atoms with van der Waals surface area (Å²) in [5.74, 6) is -3.47. The number of carbonyl (C=O) groups is 1. The highest BCUT2D eigenvalue weighted by Crippen LogP contribution is 2.27. The summed E-state index contributed by atoms with van der Waals surface area (Å²) >= 11 is 0. The van der Waals surface area contributed by atoms with Gasteiger partial charge >= 0.3 is 12.1 Å². The lowest BCUT2D eigenvalue weighted by Crippen LogP contribution is -2.28. The first-order valence-corrected chi connectivity index (χ1v) is 4.72. The zero-order valence-electron chi connectivity index (χ0n) is 8.66. The van der Waals surface area contributed by atoms with E-state index in [-0.39, 0.29) is 10.9 Å². The van der Waals surface area contributed by atoms with E-state index in [0.717, 1.165) is 12.1 Å². The van der Waals surface area contributed by atoms with Gasteiger partial charge in [-0.25, -0.2) is 9.18 Å². The third kappa shape index (κ3) is 2.24. The van der Waals surface area contributed by atoms with Crippen LogP contribution in [0.25, 0.3) is 10.9 Å². The first kappa shape index (κ1) is 12.3. The lowest BCUT2D eigenvalue weighted by atomic mass is 10.2. The maximum absolute atomic E-state index is 13.3. The Morgan fingerprint density at radius 3 is 2.61 bits per heavy atom. The van der Waals surface area contributed by atoms with E-state index in [2.05, 4.69) is 9.72 Å². The Morgan fingerprint density at radius 2 is 1.94 bits per heavy atom. The number of aromatic nitrogens is 1. The van der Waals surface area contributed by atoms with E-state index in [1.165, 1.54) is 18.3 Å². The number of benzene rings is 1. The van der Waals surface area contributed by atoms with Crippen LogP contribution < -0.4 is 4.74 Å². The summed E-state index contributed by atoms with van der Waals surface area (Å²) in [5, 5.41) is -0.0232. The summed E-state index contributed by atoms with van der Waals surface area (Å²) in [5.41, 5.74) is -0.143. The molecule has 0 amide bonds. The molecule has 0 aliphatic carbocycles. The van der Waals surface area contributed by atoms with Crippen LogP contribution in [-0.4, -0.2) is 17.1 Å². The summed E-state index contributed by atoms with van der Waals surface area (Å²) in [6.45, 7) is 0. The average molecular weight is 259 g/mol. The van der Waals surface area contributed by atoms with Crippen LogP contribution in [0.2, 0.25) is 0 Å². The lowest BCUT2D eigenvalue weighted by molar-refractivity contribution is -0.189. The summed E-state index contributed by atoms with van der Waals surface area (Å²) < 4.78 is 53.6. The number of ether oxygens (including phenoxy) is 1. The SMILES string of the molecule is O=C(Oc1ccc(F)c2cccnc12)C(F)(F)F. The molecular weight excluding hydrogens is 254 g/mol. The first-order valence-electron chi connectivity index (χ1n) is 4.72. The molecule has 94 valence electrons. The molecule has 0 fully saturated rings. The molecule has 0 N–H and O–H groups in total. The second-order valence-electron chi connectivity index (χ2n) is 3.33. The van der Waals surface area contributed by atoms with Crippen LogP contribution in [0.1, 0.15) is 0 Å². The molecule has 7 heteroatoms. The van der Waals surface area contributed by atoms with E-state index in [1.807, 2.05) is 0 Å². The Labute approximate surface area is 98.0 Å². The molecule has 2 aromatic rings. The van der Waals surface area contributed by atoms with E-state index in [1.54, 1.807) is 0 Å². The number of carbonyl (C=O) groups excluding carboxylic acids is 1. The highest BCUT2D eigenvalue weighted by atomic mass is 19.4. The summed E-state index contributed by atoms with van der Waals surface area (Å²) in [6, 6.07) is 4.57. The summed E-state index contributed by atoms with van der Waals surface area (Å²) in [6.07, 6.45) is -3.86. The topological polar surface area (TPSA) is 39.2 Å². The quantitative estimate of drug-likeness (QED) is 0.449. The van der Waals surface area contributed by atoms with Gasteiger partial charge in [0.25, 0.3) is 0 Å². The van der Waals surface area contributed by atoms with E-state index < -0.39 is 23.7 Å². The maximum atomic E-state index is 13.3. The third-order valence-corrected chi connectivity index (χ3v) is 2.11. The number of hydrogen-bond donors (Lipinski definition) is 0. The molecule has 0 atom stereocenters. The smallest absolute Gasteiger partial charge is 0.418 e. The maximum Gasteiger partial charge on any atom is 0.491 e. The molecule has 0 saturated carbocycles. The zero-order chi connectivity index (χ0) is 13.3. The van der Waals surface area contributed by atoms with Crippen LogP contribution in [0.5, 0.6) is 5.75 Å². The zero-order valence-corrected chi connectivity index (χ0v) is 8.66. The number of rotatable bonds is 1. The minimum Gasteiger partial charge on any atom is -0.418 e. The van der Waals surface area contributed by atoms with Crippen molar-refractivity contribution in [1.29, 1.82) is 0 Å². The molecule has 1 aromatic carbocycles. The molecule has 3 nitrogen and oxygen atoms in total. The van der Waals surface area contributed by atoms with Gasteiger partial charge in [-0.1, -0.05) is 0 Å². The van der Waals surface area contributed by atoms with Crippen LogP contribution in [0, 0.1) is 5.82 Å². The van der Waals surface area contributed by atoms with Crippen LogP contribution in [0.4, 0.5) is 17.6 Å². The first-order chi connectivity index (χ1) is 8.39. The van der Waals surface area contributed by atoms with Gasteiger partial charge in [-0.2, -0.15) is 13.2 Å². The molecule has 0 unspecified atom stereocenters. The Bertz CT molecular complexity index is 610. The second kappa shape index (κ2) is 4.25. The Kier molecular flexibility index (Phi) is 2.90. The minimum absolute atomic E-state index is 0.0232.